The Morgan fingerprint density at radius 2 is 1.83 bits per heavy atom. The smallest absolute Gasteiger partial charge is 0.258 e. The molecule has 0 N–H and O–H groups in total. The van der Waals surface area contributed by atoms with Crippen LogP contribution in [0.25, 0.3) is 22.8 Å². The summed E-state index contributed by atoms with van der Waals surface area (Å²) in [5.74, 6) is 1.17. The Labute approximate surface area is 139 Å². The summed E-state index contributed by atoms with van der Waals surface area (Å²) in [6.07, 6.45) is 0. The molecule has 1 aromatic heterocycles. The molecule has 0 bridgehead atoms. The molecule has 1 heterocycles. The Bertz CT molecular complexity index is 800. The average molecular weight is 327 g/mol. The van der Waals surface area contributed by atoms with Crippen molar-refractivity contribution in [2.24, 2.45) is 0 Å². The second-order valence-electron chi connectivity index (χ2n) is 5.58. The quantitative estimate of drug-likeness (QED) is 0.694. The summed E-state index contributed by atoms with van der Waals surface area (Å²) in [5.41, 5.74) is 1.43. The Morgan fingerprint density at radius 1 is 1.08 bits per heavy atom. The van der Waals surface area contributed by atoms with Crippen LogP contribution in [0, 0.1) is 5.82 Å². The number of para-hydroxylation sites is 1. The number of rotatable bonds is 6. The summed E-state index contributed by atoms with van der Waals surface area (Å²) in [6.45, 7) is 1.37. The number of hydrogen-bond donors (Lipinski definition) is 0. The van der Waals surface area contributed by atoms with E-state index in [0.29, 0.717) is 29.6 Å². The summed E-state index contributed by atoms with van der Waals surface area (Å²) in [7, 11) is 3.98. The lowest BCUT2D eigenvalue weighted by Crippen LogP contribution is -2.19. The first-order valence-corrected chi connectivity index (χ1v) is 7.60. The number of nitrogens with zero attached hydrogens (tertiary/aromatic N) is 3. The van der Waals surface area contributed by atoms with Gasteiger partial charge in [-0.2, -0.15) is 4.98 Å². The fourth-order valence-corrected chi connectivity index (χ4v) is 2.16. The fourth-order valence-electron chi connectivity index (χ4n) is 2.16. The molecule has 0 amide bonds. The first kappa shape index (κ1) is 16.1. The Balaban J connectivity index is 1.83. The van der Waals surface area contributed by atoms with Crippen molar-refractivity contribution in [1.29, 1.82) is 0 Å². The van der Waals surface area contributed by atoms with Gasteiger partial charge < -0.3 is 14.2 Å². The first-order valence-electron chi connectivity index (χ1n) is 7.60. The number of aromatic nitrogens is 2. The molecule has 0 atom stereocenters. The Morgan fingerprint density at radius 3 is 2.58 bits per heavy atom. The molecule has 3 rings (SSSR count). The molecule has 0 aliphatic rings. The van der Waals surface area contributed by atoms with Crippen LogP contribution in [0.15, 0.2) is 53.1 Å². The minimum Gasteiger partial charge on any atom is -0.491 e. The maximum atomic E-state index is 13.0. The van der Waals surface area contributed by atoms with Gasteiger partial charge >= 0.3 is 0 Å². The third kappa shape index (κ3) is 3.78. The topological polar surface area (TPSA) is 51.4 Å². The molecule has 0 unspecified atom stereocenters. The summed E-state index contributed by atoms with van der Waals surface area (Å²) in [4.78, 5) is 6.44. The van der Waals surface area contributed by atoms with Gasteiger partial charge in [-0.05, 0) is 50.5 Å². The normalized spacial score (nSPS) is 11.0. The van der Waals surface area contributed by atoms with Gasteiger partial charge in [0.2, 0.25) is 5.82 Å². The lowest BCUT2D eigenvalue weighted by Gasteiger charge is -2.12. The van der Waals surface area contributed by atoms with Gasteiger partial charge in [0.25, 0.3) is 5.89 Å². The lowest BCUT2D eigenvalue weighted by atomic mass is 10.2. The SMILES string of the molecule is CN(C)CCOc1ccccc1-c1noc(-c2ccc(F)cc2)n1. The molecular formula is C18H18FN3O2. The monoisotopic (exact) mass is 327 g/mol. The van der Waals surface area contributed by atoms with Gasteiger partial charge in [-0.15, -0.1) is 0 Å². The van der Waals surface area contributed by atoms with Crippen molar-refractivity contribution in [2.45, 2.75) is 0 Å². The number of likely N-dealkylation sites (N-methyl/N-ethyl adjacent to an activating group) is 1. The predicted octanol–water partition coefficient (Wildman–Crippen LogP) is 3.48. The van der Waals surface area contributed by atoms with E-state index < -0.39 is 0 Å². The fraction of sp³-hybridized carbons (Fsp3) is 0.222. The van der Waals surface area contributed by atoms with E-state index in [0.717, 1.165) is 12.1 Å². The van der Waals surface area contributed by atoms with Crippen LogP contribution in [0.4, 0.5) is 4.39 Å². The summed E-state index contributed by atoms with van der Waals surface area (Å²) >= 11 is 0. The number of halogens is 1. The number of ether oxygens (including phenoxy) is 1. The van der Waals surface area contributed by atoms with Crippen LogP contribution in [0.1, 0.15) is 0 Å². The average Bonchev–Trinajstić information content (AvgIpc) is 3.05. The van der Waals surface area contributed by atoms with E-state index in [4.69, 9.17) is 9.26 Å². The van der Waals surface area contributed by atoms with Crippen molar-refractivity contribution in [1.82, 2.24) is 15.0 Å². The van der Waals surface area contributed by atoms with Gasteiger partial charge in [-0.1, -0.05) is 17.3 Å². The van der Waals surface area contributed by atoms with Gasteiger partial charge in [0.15, 0.2) is 0 Å². The first-order chi connectivity index (χ1) is 11.6. The standard InChI is InChI=1S/C18H18FN3O2/c1-22(2)11-12-23-16-6-4-3-5-15(16)17-20-18(24-21-17)13-7-9-14(19)10-8-13/h3-10H,11-12H2,1-2H3. The van der Waals surface area contributed by atoms with Crippen LogP contribution in [0.5, 0.6) is 5.75 Å². The molecule has 0 aliphatic heterocycles. The highest BCUT2D eigenvalue weighted by atomic mass is 19.1. The molecule has 0 aliphatic carbocycles. The van der Waals surface area contributed by atoms with Gasteiger partial charge in [-0.3, -0.25) is 0 Å². The Hall–Kier alpha value is -2.73. The Kier molecular flexibility index (Phi) is 4.86. The highest BCUT2D eigenvalue weighted by Crippen LogP contribution is 2.29. The van der Waals surface area contributed by atoms with Crippen LogP contribution in [0.3, 0.4) is 0 Å². The zero-order valence-electron chi connectivity index (χ0n) is 13.6. The molecule has 3 aromatic rings. The molecule has 6 heteroatoms. The highest BCUT2D eigenvalue weighted by Gasteiger charge is 2.14. The molecule has 124 valence electrons. The molecule has 0 saturated carbocycles. The van der Waals surface area contributed by atoms with Crippen LogP contribution in [0.2, 0.25) is 0 Å². The van der Waals surface area contributed by atoms with Crippen LogP contribution in [-0.4, -0.2) is 42.3 Å². The zero-order chi connectivity index (χ0) is 16.9. The maximum Gasteiger partial charge on any atom is 0.258 e. The maximum absolute atomic E-state index is 13.0. The van der Waals surface area contributed by atoms with Crippen molar-refractivity contribution < 1.29 is 13.7 Å². The van der Waals surface area contributed by atoms with E-state index in [9.17, 15) is 4.39 Å². The number of benzene rings is 2. The van der Waals surface area contributed by atoms with Gasteiger partial charge in [0.05, 0.1) is 5.56 Å². The third-order valence-electron chi connectivity index (χ3n) is 3.44. The van der Waals surface area contributed by atoms with E-state index in [1.54, 1.807) is 12.1 Å². The second kappa shape index (κ2) is 7.23. The minimum atomic E-state index is -0.307. The van der Waals surface area contributed by atoms with Crippen molar-refractivity contribution >= 4 is 0 Å². The second-order valence-corrected chi connectivity index (χ2v) is 5.58. The predicted molar refractivity (Wildman–Crippen MR) is 89.2 cm³/mol. The van der Waals surface area contributed by atoms with Crippen LogP contribution >= 0.6 is 0 Å². The van der Waals surface area contributed by atoms with Gasteiger partial charge in [0.1, 0.15) is 18.2 Å². The highest BCUT2D eigenvalue weighted by molar-refractivity contribution is 5.65. The van der Waals surface area contributed by atoms with E-state index in [-0.39, 0.29) is 5.82 Å². The van der Waals surface area contributed by atoms with E-state index in [1.165, 1.54) is 12.1 Å². The van der Waals surface area contributed by atoms with E-state index in [2.05, 4.69) is 10.1 Å². The lowest BCUT2D eigenvalue weighted by molar-refractivity contribution is 0.262. The molecular weight excluding hydrogens is 309 g/mol. The molecule has 5 nitrogen and oxygen atoms in total. The molecule has 0 spiro atoms. The molecule has 0 fully saturated rings. The third-order valence-corrected chi connectivity index (χ3v) is 3.44. The molecule has 24 heavy (non-hydrogen) atoms. The summed E-state index contributed by atoms with van der Waals surface area (Å²) in [6, 6.07) is 13.5. The minimum absolute atomic E-state index is 0.307. The largest absolute Gasteiger partial charge is 0.491 e. The summed E-state index contributed by atoms with van der Waals surface area (Å²) < 4.78 is 24.1. The summed E-state index contributed by atoms with van der Waals surface area (Å²) in [5, 5.41) is 4.02. The van der Waals surface area contributed by atoms with Crippen LogP contribution in [-0.2, 0) is 0 Å². The number of hydrogen-bond acceptors (Lipinski definition) is 5. The van der Waals surface area contributed by atoms with Gasteiger partial charge in [-0.25, -0.2) is 4.39 Å². The van der Waals surface area contributed by atoms with E-state index >= 15 is 0 Å². The van der Waals surface area contributed by atoms with Gasteiger partial charge in [0, 0.05) is 12.1 Å². The molecule has 0 saturated heterocycles. The van der Waals surface area contributed by atoms with Crippen molar-refractivity contribution in [3.05, 3.63) is 54.3 Å². The molecule has 2 aromatic carbocycles. The van der Waals surface area contributed by atoms with E-state index in [1.807, 2.05) is 43.3 Å². The van der Waals surface area contributed by atoms with Crippen LogP contribution < -0.4 is 4.74 Å². The van der Waals surface area contributed by atoms with Crippen molar-refractivity contribution in [3.63, 3.8) is 0 Å². The zero-order valence-corrected chi connectivity index (χ0v) is 13.6. The van der Waals surface area contributed by atoms with Crippen molar-refractivity contribution in [2.75, 3.05) is 27.2 Å². The van der Waals surface area contributed by atoms with Crippen molar-refractivity contribution in [3.8, 4) is 28.6 Å². The molecule has 0 radical (unpaired) electrons.